The topological polar surface area (TPSA) is 190 Å². The minimum Gasteiger partial charge on any atom is -0.358 e. The van der Waals surface area contributed by atoms with Crippen LogP contribution in [0, 0.1) is 6.92 Å². The standard InChI is InChI=1S/C45H58ClN11O3S/c1-29-9-8-15-49-28-61-42-33(21-32(22-36(42)46)31-13-16-50-41(23-31)57-19-17-55(3)18-20-57)27-52-44(59)40(24-35-30(2)53-37-11-6-5-10-34(35)37)56(4)45(60)39(25-48)54-43(58)38(51-26-29)12-7-14-47/h5-6,8-11,13,15-16,21-23,38-40,51,53H,1,7,12,14,17-20,24-28,47-48H2,2-4H3,(H,52,59)(H,54,58)/b9-8-,49-15?/t38-,39-,40-/m0/s1. The van der Waals surface area contributed by atoms with Crippen molar-refractivity contribution in [3.05, 3.63) is 101 Å². The number of carbonyl (C=O) groups is 3. The van der Waals surface area contributed by atoms with Gasteiger partial charge in [0.15, 0.2) is 0 Å². The van der Waals surface area contributed by atoms with Crippen molar-refractivity contribution in [2.75, 3.05) is 70.7 Å². The smallest absolute Gasteiger partial charge is 0.246 e. The zero-order valence-corrected chi connectivity index (χ0v) is 36.8. The highest BCUT2D eigenvalue weighted by Crippen LogP contribution is 2.36. The zero-order valence-electron chi connectivity index (χ0n) is 35.3. The number of aliphatic imine (C=N–C) groups is 1. The number of aryl methyl sites for hydroxylation is 1. The molecule has 3 amide bonds. The molecule has 61 heavy (non-hydrogen) atoms. The number of hydrogen-bond acceptors (Lipinski definition) is 11. The molecule has 14 nitrogen and oxygen atoms in total. The average Bonchev–Trinajstić information content (AvgIpc) is 3.58. The van der Waals surface area contributed by atoms with Crippen LogP contribution in [0.25, 0.3) is 22.0 Å². The predicted molar refractivity (Wildman–Crippen MR) is 248 cm³/mol. The summed E-state index contributed by atoms with van der Waals surface area (Å²) in [6, 6.07) is 13.2. The molecule has 8 N–H and O–H groups in total. The number of amides is 3. The van der Waals surface area contributed by atoms with Crippen LogP contribution < -0.4 is 32.3 Å². The Hall–Kier alpha value is -5.03. The maximum absolute atomic E-state index is 14.7. The van der Waals surface area contributed by atoms with Gasteiger partial charge in [-0.1, -0.05) is 42.5 Å². The van der Waals surface area contributed by atoms with E-state index in [2.05, 4.69) is 60.4 Å². The number of aromatic nitrogens is 2. The number of H-pyrrole nitrogens is 1. The van der Waals surface area contributed by atoms with E-state index in [-0.39, 0.29) is 25.4 Å². The lowest BCUT2D eigenvalue weighted by molar-refractivity contribution is -0.141. The summed E-state index contributed by atoms with van der Waals surface area (Å²) in [5, 5.41) is 10.8. The van der Waals surface area contributed by atoms with Gasteiger partial charge in [0.25, 0.3) is 0 Å². The van der Waals surface area contributed by atoms with E-state index >= 15 is 0 Å². The quantitative estimate of drug-likeness (QED) is 0.151. The molecule has 2 aliphatic heterocycles. The predicted octanol–water partition coefficient (Wildman–Crippen LogP) is 4.02. The molecular formula is C45H58ClN11O3S. The number of piperazine rings is 1. The van der Waals surface area contributed by atoms with Gasteiger partial charge in [-0.15, -0.1) is 11.8 Å². The molecule has 0 bridgehead atoms. The van der Waals surface area contributed by atoms with E-state index in [0.29, 0.717) is 36.8 Å². The number of hydrogen-bond donors (Lipinski definition) is 6. The monoisotopic (exact) mass is 867 g/mol. The molecule has 0 unspecified atom stereocenters. The van der Waals surface area contributed by atoms with Crippen LogP contribution >= 0.6 is 23.4 Å². The lowest BCUT2D eigenvalue weighted by Gasteiger charge is -2.33. The van der Waals surface area contributed by atoms with E-state index in [1.165, 1.54) is 16.7 Å². The Bertz CT molecular complexity index is 2250. The number of nitrogens with two attached hydrogens (primary N) is 2. The highest BCUT2D eigenvalue weighted by molar-refractivity contribution is 7.99. The van der Waals surface area contributed by atoms with Gasteiger partial charge in [0, 0.05) is 93.2 Å². The summed E-state index contributed by atoms with van der Waals surface area (Å²) in [6.45, 7) is 10.4. The van der Waals surface area contributed by atoms with Crippen LogP contribution in [-0.2, 0) is 27.3 Å². The van der Waals surface area contributed by atoms with Gasteiger partial charge in [0.2, 0.25) is 17.7 Å². The first-order valence-corrected chi connectivity index (χ1v) is 22.1. The maximum atomic E-state index is 14.7. The molecule has 0 aliphatic carbocycles. The fraction of sp³-hybridized carbons (Fsp3) is 0.400. The summed E-state index contributed by atoms with van der Waals surface area (Å²) < 4.78 is 0. The van der Waals surface area contributed by atoms with Crippen molar-refractivity contribution in [2.24, 2.45) is 16.5 Å². The number of para-hydroxylation sites is 1. The third kappa shape index (κ3) is 11.7. The van der Waals surface area contributed by atoms with Crippen molar-refractivity contribution in [3.8, 4) is 11.1 Å². The maximum Gasteiger partial charge on any atom is 0.246 e. The normalized spacial score (nSPS) is 21.2. The van der Waals surface area contributed by atoms with Crippen molar-refractivity contribution < 1.29 is 14.4 Å². The molecular weight excluding hydrogens is 810 g/mol. The summed E-state index contributed by atoms with van der Waals surface area (Å²) in [5.74, 6) is -0.00527. The van der Waals surface area contributed by atoms with Gasteiger partial charge in [-0.2, -0.15) is 0 Å². The minimum atomic E-state index is -1.10. The first-order valence-electron chi connectivity index (χ1n) is 20.7. The van der Waals surface area contributed by atoms with E-state index in [1.807, 2.05) is 61.7 Å². The molecule has 1 saturated heterocycles. The molecule has 3 atom stereocenters. The number of carbonyl (C=O) groups excluding carboxylic acids is 3. The van der Waals surface area contributed by atoms with Gasteiger partial charge in [-0.25, -0.2) is 4.98 Å². The molecule has 6 rings (SSSR count). The summed E-state index contributed by atoms with van der Waals surface area (Å²) in [5.41, 5.74) is 18.1. The number of nitrogens with zero attached hydrogens (tertiary/aromatic N) is 5. The van der Waals surface area contributed by atoms with Crippen LogP contribution in [0.1, 0.15) is 29.7 Å². The van der Waals surface area contributed by atoms with Gasteiger partial charge in [-0.05, 0) is 97.6 Å². The second kappa shape index (κ2) is 21.7. The molecule has 16 heteroatoms. The molecule has 4 heterocycles. The van der Waals surface area contributed by atoms with Crippen LogP contribution in [0.3, 0.4) is 0 Å². The molecule has 2 aromatic carbocycles. The largest absolute Gasteiger partial charge is 0.358 e. The first kappa shape index (κ1) is 45.5. The van der Waals surface area contributed by atoms with Gasteiger partial charge in [-0.3, -0.25) is 19.4 Å². The molecule has 0 radical (unpaired) electrons. The second-order valence-corrected chi connectivity index (χ2v) is 16.9. The molecule has 2 aromatic heterocycles. The van der Waals surface area contributed by atoms with E-state index < -0.39 is 29.9 Å². The Labute approximate surface area is 367 Å². The molecule has 324 valence electrons. The third-order valence-electron chi connectivity index (χ3n) is 11.3. The minimum absolute atomic E-state index is 0.117. The number of allylic oxidation sites excluding steroid dienone is 1. The van der Waals surface area contributed by atoms with Crippen LogP contribution in [0.2, 0.25) is 5.02 Å². The van der Waals surface area contributed by atoms with Gasteiger partial charge in [0.05, 0.1) is 16.9 Å². The molecule has 1 fully saturated rings. The highest BCUT2D eigenvalue weighted by Gasteiger charge is 2.34. The van der Waals surface area contributed by atoms with Crippen LogP contribution in [0.15, 0.2) is 88.9 Å². The Morgan fingerprint density at radius 2 is 1.75 bits per heavy atom. The van der Waals surface area contributed by atoms with Crippen molar-refractivity contribution in [1.82, 2.24) is 35.7 Å². The number of likely N-dealkylation sites (N-methyl/N-ethyl adjacent to an activating group) is 2. The van der Waals surface area contributed by atoms with E-state index in [4.69, 9.17) is 23.1 Å². The Kier molecular flexibility index (Phi) is 16.2. The summed E-state index contributed by atoms with van der Waals surface area (Å²) in [4.78, 5) is 62.2. The lowest BCUT2D eigenvalue weighted by atomic mass is 9.99. The van der Waals surface area contributed by atoms with Crippen molar-refractivity contribution >= 4 is 64.0 Å². The van der Waals surface area contributed by atoms with E-state index in [9.17, 15) is 14.4 Å². The van der Waals surface area contributed by atoms with Gasteiger partial charge >= 0.3 is 0 Å². The lowest BCUT2D eigenvalue weighted by Crippen LogP contribution is -2.59. The van der Waals surface area contributed by atoms with Crippen molar-refractivity contribution in [1.29, 1.82) is 0 Å². The summed E-state index contributed by atoms with van der Waals surface area (Å²) in [7, 11) is 3.71. The van der Waals surface area contributed by atoms with Crippen molar-refractivity contribution in [3.63, 3.8) is 0 Å². The SMILES string of the molecule is C=C1/C=C\C=NCSc2c(Cl)cc(-c3ccnc(N4CCN(C)CC4)c3)cc2CNC(=O)[C@H](Cc2c(C)[nH]c3ccccc23)N(C)C(=O)[C@H](CN)NC(=O)[C@H](CCCN)NC1. The Balaban J connectivity index is 1.37. The molecule has 4 aromatic rings. The number of aromatic amines is 1. The van der Waals surface area contributed by atoms with Crippen LogP contribution in [0.5, 0.6) is 0 Å². The fourth-order valence-electron chi connectivity index (χ4n) is 7.65. The number of nitrogens with one attached hydrogen (secondary N) is 4. The Morgan fingerprint density at radius 3 is 2.52 bits per heavy atom. The molecule has 0 spiro atoms. The number of anilines is 1. The zero-order chi connectivity index (χ0) is 43.5. The highest BCUT2D eigenvalue weighted by atomic mass is 35.5. The fourth-order valence-corrected chi connectivity index (χ4v) is 8.86. The van der Waals surface area contributed by atoms with Gasteiger partial charge < -0.3 is 47.1 Å². The number of rotatable bonds is 8. The average molecular weight is 869 g/mol. The van der Waals surface area contributed by atoms with E-state index in [1.54, 1.807) is 19.3 Å². The van der Waals surface area contributed by atoms with Gasteiger partial charge in [0.1, 0.15) is 17.9 Å². The number of benzene rings is 2. The second-order valence-electron chi connectivity index (χ2n) is 15.6. The van der Waals surface area contributed by atoms with Crippen molar-refractivity contribution in [2.45, 2.75) is 55.8 Å². The van der Waals surface area contributed by atoms with Crippen LogP contribution in [0.4, 0.5) is 5.82 Å². The molecule has 0 saturated carbocycles. The number of fused-ring (bicyclic) bond motifs is 2. The van der Waals surface area contributed by atoms with E-state index in [0.717, 1.165) is 81.3 Å². The van der Waals surface area contributed by atoms with Crippen LogP contribution in [-0.4, -0.2) is 128 Å². The number of halogens is 1. The third-order valence-corrected chi connectivity index (χ3v) is 12.7. The summed E-state index contributed by atoms with van der Waals surface area (Å²) in [6.07, 6.45) is 8.36. The summed E-state index contributed by atoms with van der Waals surface area (Å²) >= 11 is 8.58. The Morgan fingerprint density at radius 1 is 0.967 bits per heavy atom. The molecule has 2 aliphatic rings. The first-order chi connectivity index (χ1) is 29.5. The number of pyridine rings is 1. The number of thioether (sulfide) groups is 1.